The molecule has 242 valence electrons. The van der Waals surface area contributed by atoms with Gasteiger partial charge in [0.25, 0.3) is 0 Å². The Labute approximate surface area is 281 Å². The number of nitrogens with zero attached hydrogens (tertiary/aromatic N) is 8. The van der Waals surface area contributed by atoms with Crippen LogP contribution >= 0.6 is 22.6 Å². The Hall–Kier alpha value is -4.18. The molecular formula is C32H37IN8O5. The van der Waals surface area contributed by atoms with E-state index in [-0.39, 0.29) is 23.3 Å². The van der Waals surface area contributed by atoms with Crippen molar-refractivity contribution in [2.75, 3.05) is 37.7 Å². The van der Waals surface area contributed by atoms with Crippen molar-refractivity contribution in [1.29, 1.82) is 0 Å². The minimum atomic E-state index is -0.474. The molecule has 0 radical (unpaired) electrons. The second kappa shape index (κ2) is 15.9. The SMILES string of the molecule is CCOC(=O)c1cn(Cc2cccc(I)c2)nn1.CCOC(=O)c1cn(Cc2cccc(N3CCN4CCCCC4C3=O)c2)nn1. The number of ether oxygens (including phenoxy) is 2. The number of halogens is 1. The van der Waals surface area contributed by atoms with Crippen LogP contribution in [0.4, 0.5) is 5.69 Å². The lowest BCUT2D eigenvalue weighted by atomic mass is 9.98. The third-order valence-electron chi connectivity index (χ3n) is 7.62. The molecule has 2 saturated heterocycles. The van der Waals surface area contributed by atoms with E-state index in [1.807, 2.05) is 47.4 Å². The lowest BCUT2D eigenvalue weighted by Gasteiger charge is -2.43. The average Bonchev–Trinajstić information content (AvgIpc) is 3.72. The summed E-state index contributed by atoms with van der Waals surface area (Å²) in [4.78, 5) is 40.4. The molecule has 2 aliphatic heterocycles. The number of esters is 2. The second-order valence-electron chi connectivity index (χ2n) is 10.9. The molecule has 1 unspecified atom stereocenters. The quantitative estimate of drug-likeness (QED) is 0.184. The highest BCUT2D eigenvalue weighted by atomic mass is 127. The molecule has 0 aliphatic carbocycles. The first-order valence-electron chi connectivity index (χ1n) is 15.4. The Kier molecular flexibility index (Phi) is 11.5. The number of hydrogen-bond acceptors (Lipinski definition) is 10. The molecule has 6 rings (SSSR count). The molecule has 0 N–H and O–H groups in total. The van der Waals surface area contributed by atoms with Crippen molar-refractivity contribution >= 4 is 46.1 Å². The van der Waals surface area contributed by atoms with Gasteiger partial charge < -0.3 is 14.4 Å². The largest absolute Gasteiger partial charge is 0.461 e. The summed E-state index contributed by atoms with van der Waals surface area (Å²) in [5.74, 6) is -0.710. The van der Waals surface area contributed by atoms with Crippen LogP contribution in [-0.4, -0.2) is 91.6 Å². The van der Waals surface area contributed by atoms with E-state index >= 15 is 0 Å². The van der Waals surface area contributed by atoms with Crippen LogP contribution < -0.4 is 4.90 Å². The standard InChI is InChI=1S/C20H25N5O3.C12H12IN3O2/c1-2-28-20(27)17-14-24(22-21-17)13-15-6-5-7-16(12-15)25-11-10-23-9-4-3-8-18(23)19(25)26;1-2-18-12(17)11-8-16(15-14-11)7-9-4-3-5-10(13)6-9/h5-7,12,14,18H,2-4,8-11,13H2,1H3;3-6,8H,2,7H2,1H3. The minimum Gasteiger partial charge on any atom is -0.461 e. The molecule has 1 atom stereocenters. The van der Waals surface area contributed by atoms with Crippen LogP contribution in [0.25, 0.3) is 0 Å². The van der Waals surface area contributed by atoms with Gasteiger partial charge in [-0.25, -0.2) is 19.0 Å². The molecule has 0 saturated carbocycles. The van der Waals surface area contributed by atoms with Crippen LogP contribution in [0.3, 0.4) is 0 Å². The lowest BCUT2D eigenvalue weighted by molar-refractivity contribution is -0.127. The number of amides is 1. The smallest absolute Gasteiger partial charge is 0.360 e. The summed E-state index contributed by atoms with van der Waals surface area (Å²) in [6, 6.07) is 16.0. The predicted octanol–water partition coefficient (Wildman–Crippen LogP) is 3.81. The zero-order chi connectivity index (χ0) is 32.5. The molecule has 0 spiro atoms. The van der Waals surface area contributed by atoms with Gasteiger partial charge in [-0.05, 0) is 91.2 Å². The maximum atomic E-state index is 13.0. The van der Waals surface area contributed by atoms with Gasteiger partial charge in [0.1, 0.15) is 0 Å². The number of fused-ring (bicyclic) bond motifs is 1. The van der Waals surface area contributed by atoms with Crippen molar-refractivity contribution < 1.29 is 23.9 Å². The third-order valence-corrected chi connectivity index (χ3v) is 8.29. The fourth-order valence-corrected chi connectivity index (χ4v) is 6.10. The summed E-state index contributed by atoms with van der Waals surface area (Å²) < 4.78 is 14.2. The number of rotatable bonds is 9. The van der Waals surface area contributed by atoms with Gasteiger partial charge in [-0.15, -0.1) is 10.2 Å². The highest BCUT2D eigenvalue weighted by molar-refractivity contribution is 14.1. The fourth-order valence-electron chi connectivity index (χ4n) is 5.49. The van der Waals surface area contributed by atoms with Crippen molar-refractivity contribution in [2.24, 2.45) is 0 Å². The number of piperidine rings is 1. The second-order valence-corrected chi connectivity index (χ2v) is 12.1. The van der Waals surface area contributed by atoms with E-state index in [4.69, 9.17) is 9.47 Å². The van der Waals surface area contributed by atoms with Gasteiger partial charge in [0.15, 0.2) is 11.4 Å². The summed E-state index contributed by atoms with van der Waals surface area (Å²) in [5, 5.41) is 15.6. The summed E-state index contributed by atoms with van der Waals surface area (Å²) in [7, 11) is 0. The normalized spacial score (nSPS) is 16.3. The van der Waals surface area contributed by atoms with E-state index in [0.29, 0.717) is 26.3 Å². The molecule has 13 nitrogen and oxygen atoms in total. The van der Waals surface area contributed by atoms with Crippen LogP contribution in [0.2, 0.25) is 0 Å². The van der Waals surface area contributed by atoms with Gasteiger partial charge in [0, 0.05) is 22.3 Å². The van der Waals surface area contributed by atoms with Crippen LogP contribution in [-0.2, 0) is 27.4 Å². The van der Waals surface area contributed by atoms with E-state index in [1.165, 1.54) is 6.42 Å². The first kappa shape index (κ1) is 33.2. The third kappa shape index (κ3) is 8.54. The van der Waals surface area contributed by atoms with Gasteiger partial charge in [-0.1, -0.05) is 41.1 Å². The van der Waals surface area contributed by atoms with Gasteiger partial charge in [-0.2, -0.15) is 0 Å². The van der Waals surface area contributed by atoms with E-state index in [0.717, 1.165) is 52.9 Å². The monoisotopic (exact) mass is 740 g/mol. The highest BCUT2D eigenvalue weighted by Crippen LogP contribution is 2.27. The summed E-state index contributed by atoms with van der Waals surface area (Å²) in [6.07, 6.45) is 6.43. The zero-order valence-electron chi connectivity index (χ0n) is 25.9. The predicted molar refractivity (Wildman–Crippen MR) is 177 cm³/mol. The lowest BCUT2D eigenvalue weighted by Crippen LogP contribution is -2.58. The molecule has 4 aromatic rings. The van der Waals surface area contributed by atoms with Gasteiger partial charge in [0.05, 0.1) is 44.7 Å². The van der Waals surface area contributed by atoms with E-state index < -0.39 is 11.9 Å². The van der Waals surface area contributed by atoms with Crippen molar-refractivity contribution in [3.8, 4) is 0 Å². The average molecular weight is 741 g/mol. The van der Waals surface area contributed by atoms with Gasteiger partial charge in [0.2, 0.25) is 5.91 Å². The minimum absolute atomic E-state index is 0.0219. The van der Waals surface area contributed by atoms with Gasteiger partial charge >= 0.3 is 11.9 Å². The van der Waals surface area contributed by atoms with Crippen molar-refractivity contribution in [3.63, 3.8) is 0 Å². The molecule has 2 aromatic carbocycles. The Bertz CT molecular complexity index is 1660. The van der Waals surface area contributed by atoms with Crippen LogP contribution in [0.15, 0.2) is 60.9 Å². The number of carbonyl (C=O) groups excluding carboxylic acids is 3. The zero-order valence-corrected chi connectivity index (χ0v) is 28.1. The Morgan fingerprint density at radius 2 is 1.43 bits per heavy atom. The summed E-state index contributed by atoms with van der Waals surface area (Å²) in [5.41, 5.74) is 3.46. The first-order valence-corrected chi connectivity index (χ1v) is 16.5. The highest BCUT2D eigenvalue weighted by Gasteiger charge is 2.36. The van der Waals surface area contributed by atoms with E-state index in [1.54, 1.807) is 35.6 Å². The number of piperazine rings is 1. The van der Waals surface area contributed by atoms with Crippen LogP contribution in [0.5, 0.6) is 0 Å². The summed E-state index contributed by atoms with van der Waals surface area (Å²) >= 11 is 2.26. The molecule has 2 aliphatic rings. The Morgan fingerprint density at radius 1 is 0.826 bits per heavy atom. The first-order chi connectivity index (χ1) is 22.3. The molecule has 2 fully saturated rings. The van der Waals surface area contributed by atoms with Crippen molar-refractivity contribution in [3.05, 3.63) is 87.0 Å². The number of carbonyl (C=O) groups is 3. The molecule has 0 bridgehead atoms. The molecule has 14 heteroatoms. The molecule has 46 heavy (non-hydrogen) atoms. The Balaban J connectivity index is 0.000000200. The molecular weight excluding hydrogens is 703 g/mol. The number of hydrogen-bond donors (Lipinski definition) is 0. The van der Waals surface area contributed by atoms with Crippen LogP contribution in [0, 0.1) is 3.57 Å². The number of aromatic nitrogens is 6. The van der Waals surface area contributed by atoms with E-state index in [9.17, 15) is 14.4 Å². The summed E-state index contributed by atoms with van der Waals surface area (Å²) in [6.45, 7) is 7.87. The number of anilines is 1. The maximum Gasteiger partial charge on any atom is 0.360 e. The van der Waals surface area contributed by atoms with Crippen LogP contribution in [0.1, 0.15) is 65.2 Å². The van der Waals surface area contributed by atoms with Gasteiger partial charge in [-0.3, -0.25) is 9.69 Å². The maximum absolute atomic E-state index is 13.0. The van der Waals surface area contributed by atoms with Crippen molar-refractivity contribution in [1.82, 2.24) is 34.9 Å². The molecule has 2 aromatic heterocycles. The molecule has 4 heterocycles. The molecule has 1 amide bonds. The topological polar surface area (TPSA) is 138 Å². The fraction of sp³-hybridized carbons (Fsp3) is 0.406. The Morgan fingerprint density at radius 3 is 2.04 bits per heavy atom. The van der Waals surface area contributed by atoms with Crippen molar-refractivity contribution in [2.45, 2.75) is 52.2 Å². The number of benzene rings is 2. The van der Waals surface area contributed by atoms with E-state index in [2.05, 4.69) is 54.2 Å².